The second kappa shape index (κ2) is 11.4. The van der Waals surface area contributed by atoms with E-state index in [2.05, 4.69) is 4.98 Å². The van der Waals surface area contributed by atoms with Crippen LogP contribution >= 0.6 is 11.3 Å². The Hall–Kier alpha value is -3.24. The Balaban J connectivity index is 1.48. The molecule has 0 atom stereocenters. The van der Waals surface area contributed by atoms with Gasteiger partial charge in [0.2, 0.25) is 5.91 Å². The number of rotatable bonds is 8. The lowest BCUT2D eigenvalue weighted by Crippen LogP contribution is -2.41. The highest BCUT2D eigenvalue weighted by Gasteiger charge is 2.31. The van der Waals surface area contributed by atoms with Crippen LogP contribution in [0.5, 0.6) is 0 Å². The molecular formula is C27H29F3N4O2S. The molecule has 1 saturated heterocycles. The number of halogens is 3. The SMILES string of the molecule is Cc1ccc(CN(Cc2cccc(C(F)(F)F)c2)Cc2nc(C(=O)N3CCC(C(N)=O)CC3)cs2)cc1. The maximum absolute atomic E-state index is 13.2. The molecule has 0 radical (unpaired) electrons. The van der Waals surface area contributed by atoms with Gasteiger partial charge in [-0.2, -0.15) is 13.2 Å². The lowest BCUT2D eigenvalue weighted by Gasteiger charge is -2.30. The predicted octanol–water partition coefficient (Wildman–Crippen LogP) is 5.01. The second-order valence-corrected chi connectivity index (χ2v) is 10.4. The van der Waals surface area contributed by atoms with Crippen LogP contribution in [0, 0.1) is 12.8 Å². The van der Waals surface area contributed by atoms with Gasteiger partial charge in [-0.25, -0.2) is 4.98 Å². The molecule has 0 saturated carbocycles. The number of primary amides is 1. The van der Waals surface area contributed by atoms with Crippen molar-refractivity contribution in [1.29, 1.82) is 0 Å². The quantitative estimate of drug-likeness (QED) is 0.444. The zero-order valence-corrected chi connectivity index (χ0v) is 21.3. The van der Waals surface area contributed by atoms with Crippen molar-refractivity contribution in [2.45, 2.75) is 45.6 Å². The van der Waals surface area contributed by atoms with Crippen LogP contribution in [0.3, 0.4) is 0 Å². The van der Waals surface area contributed by atoms with Gasteiger partial charge < -0.3 is 10.6 Å². The first-order valence-electron chi connectivity index (χ1n) is 12.1. The van der Waals surface area contributed by atoms with E-state index in [1.165, 1.54) is 23.5 Å². The summed E-state index contributed by atoms with van der Waals surface area (Å²) in [4.78, 5) is 32.6. The topological polar surface area (TPSA) is 79.5 Å². The van der Waals surface area contributed by atoms with Gasteiger partial charge in [0.05, 0.1) is 12.1 Å². The molecule has 1 aromatic heterocycles. The molecule has 10 heteroatoms. The maximum atomic E-state index is 13.2. The Morgan fingerprint density at radius 1 is 1.05 bits per heavy atom. The predicted molar refractivity (Wildman–Crippen MR) is 136 cm³/mol. The molecule has 1 fully saturated rings. The molecule has 4 rings (SSSR count). The van der Waals surface area contributed by atoms with Crippen LogP contribution in [0.25, 0.3) is 0 Å². The summed E-state index contributed by atoms with van der Waals surface area (Å²) in [5, 5.41) is 2.42. The number of alkyl halides is 3. The lowest BCUT2D eigenvalue weighted by molar-refractivity contribution is -0.137. The summed E-state index contributed by atoms with van der Waals surface area (Å²) in [6, 6.07) is 13.3. The Morgan fingerprint density at radius 3 is 2.38 bits per heavy atom. The fraction of sp³-hybridized carbons (Fsp3) is 0.370. The number of amides is 2. The maximum Gasteiger partial charge on any atom is 0.416 e. The molecule has 1 aliphatic heterocycles. The van der Waals surface area contributed by atoms with E-state index < -0.39 is 11.7 Å². The van der Waals surface area contributed by atoms with Crippen molar-refractivity contribution in [2.75, 3.05) is 13.1 Å². The summed E-state index contributed by atoms with van der Waals surface area (Å²) >= 11 is 1.35. The number of carbonyl (C=O) groups excluding carboxylic acids is 2. The van der Waals surface area contributed by atoms with E-state index in [0.717, 1.165) is 17.2 Å². The first-order chi connectivity index (χ1) is 17.6. The third-order valence-electron chi connectivity index (χ3n) is 6.50. The average Bonchev–Trinajstić information content (AvgIpc) is 3.33. The normalized spacial score (nSPS) is 14.8. The average molecular weight is 531 g/mol. The van der Waals surface area contributed by atoms with Crippen molar-refractivity contribution in [3.8, 4) is 0 Å². The monoisotopic (exact) mass is 530 g/mol. The van der Waals surface area contributed by atoms with Crippen LogP contribution in [-0.4, -0.2) is 39.7 Å². The van der Waals surface area contributed by atoms with Gasteiger partial charge in [0.15, 0.2) is 0 Å². The van der Waals surface area contributed by atoms with Gasteiger partial charge in [0, 0.05) is 37.5 Å². The summed E-state index contributed by atoms with van der Waals surface area (Å²) in [5.74, 6) is -0.730. The van der Waals surface area contributed by atoms with Crippen LogP contribution in [0.15, 0.2) is 53.9 Å². The number of aryl methyl sites for hydroxylation is 1. The van der Waals surface area contributed by atoms with Crippen LogP contribution < -0.4 is 5.73 Å². The van der Waals surface area contributed by atoms with Gasteiger partial charge in [0.25, 0.3) is 5.91 Å². The van der Waals surface area contributed by atoms with E-state index in [4.69, 9.17) is 5.73 Å². The smallest absolute Gasteiger partial charge is 0.369 e. The molecule has 196 valence electrons. The molecule has 3 aromatic rings. The minimum absolute atomic E-state index is 0.187. The van der Waals surface area contributed by atoms with Gasteiger partial charge in [-0.1, -0.05) is 48.0 Å². The van der Waals surface area contributed by atoms with Crippen molar-refractivity contribution < 1.29 is 22.8 Å². The summed E-state index contributed by atoms with van der Waals surface area (Å²) in [6.45, 7) is 4.09. The Morgan fingerprint density at radius 2 is 1.73 bits per heavy atom. The number of thiazole rings is 1. The van der Waals surface area contributed by atoms with Crippen molar-refractivity contribution in [3.05, 3.63) is 86.9 Å². The van der Waals surface area contributed by atoms with E-state index in [1.54, 1.807) is 16.3 Å². The van der Waals surface area contributed by atoms with Gasteiger partial charge in [-0.05, 0) is 37.0 Å². The molecule has 0 bridgehead atoms. The first kappa shape index (κ1) is 26.8. The molecule has 0 unspecified atom stereocenters. The standard InChI is InChI=1S/C27H29F3N4O2S/c1-18-5-7-19(8-6-18)14-33(15-20-3-2-4-22(13-20)27(28,29)30)16-24-32-23(17-37-24)26(36)34-11-9-21(10-12-34)25(31)35/h2-8,13,17,21H,9-12,14-16H2,1H3,(H2,31,35). The number of hydrogen-bond donors (Lipinski definition) is 1. The Kier molecular flexibility index (Phi) is 8.29. The van der Waals surface area contributed by atoms with Crippen LogP contribution in [0.2, 0.25) is 0 Å². The summed E-state index contributed by atoms with van der Waals surface area (Å²) in [5.41, 5.74) is 7.74. The molecule has 2 aromatic carbocycles. The zero-order valence-electron chi connectivity index (χ0n) is 20.5. The number of hydrogen-bond acceptors (Lipinski definition) is 5. The van der Waals surface area contributed by atoms with E-state index >= 15 is 0 Å². The van der Waals surface area contributed by atoms with Gasteiger partial charge in [-0.15, -0.1) is 11.3 Å². The fourth-order valence-electron chi connectivity index (χ4n) is 4.43. The minimum Gasteiger partial charge on any atom is -0.369 e. The largest absolute Gasteiger partial charge is 0.416 e. The molecule has 6 nitrogen and oxygen atoms in total. The molecule has 2 N–H and O–H groups in total. The number of nitrogens with zero attached hydrogens (tertiary/aromatic N) is 3. The number of nitrogens with two attached hydrogens (primary N) is 1. The van der Waals surface area contributed by atoms with E-state index in [0.29, 0.717) is 61.8 Å². The molecule has 0 aliphatic carbocycles. The molecule has 0 spiro atoms. The van der Waals surface area contributed by atoms with Crippen molar-refractivity contribution >= 4 is 23.2 Å². The van der Waals surface area contributed by atoms with Gasteiger partial charge in [0.1, 0.15) is 10.7 Å². The molecule has 2 amide bonds. The summed E-state index contributed by atoms with van der Waals surface area (Å²) < 4.78 is 39.7. The van der Waals surface area contributed by atoms with Gasteiger partial charge >= 0.3 is 6.18 Å². The molecule has 37 heavy (non-hydrogen) atoms. The number of benzene rings is 2. The summed E-state index contributed by atoms with van der Waals surface area (Å²) in [7, 11) is 0. The van der Waals surface area contributed by atoms with Crippen molar-refractivity contribution in [3.63, 3.8) is 0 Å². The lowest BCUT2D eigenvalue weighted by atomic mass is 9.96. The third-order valence-corrected chi connectivity index (χ3v) is 7.34. The zero-order chi connectivity index (χ0) is 26.6. The Labute approximate surface area is 217 Å². The molecule has 2 heterocycles. The highest BCUT2D eigenvalue weighted by atomic mass is 32.1. The van der Waals surface area contributed by atoms with Crippen molar-refractivity contribution in [1.82, 2.24) is 14.8 Å². The molecule has 1 aliphatic rings. The van der Waals surface area contributed by atoms with Gasteiger partial charge in [-0.3, -0.25) is 14.5 Å². The van der Waals surface area contributed by atoms with E-state index in [9.17, 15) is 22.8 Å². The number of carbonyl (C=O) groups is 2. The van der Waals surface area contributed by atoms with Crippen LogP contribution in [-0.2, 0) is 30.6 Å². The highest BCUT2D eigenvalue weighted by Crippen LogP contribution is 2.30. The number of piperidine rings is 1. The number of aromatic nitrogens is 1. The van der Waals surface area contributed by atoms with Crippen LogP contribution in [0.4, 0.5) is 13.2 Å². The van der Waals surface area contributed by atoms with Crippen molar-refractivity contribution in [2.24, 2.45) is 11.7 Å². The minimum atomic E-state index is -4.41. The third kappa shape index (κ3) is 7.17. The first-order valence-corrected chi connectivity index (χ1v) is 12.9. The number of likely N-dealkylation sites (tertiary alicyclic amines) is 1. The van der Waals surface area contributed by atoms with Crippen LogP contribution in [0.1, 0.15) is 50.6 Å². The summed E-state index contributed by atoms with van der Waals surface area (Å²) in [6.07, 6.45) is -3.33. The van der Waals surface area contributed by atoms with E-state index in [-0.39, 0.29) is 17.7 Å². The highest BCUT2D eigenvalue weighted by molar-refractivity contribution is 7.09. The van der Waals surface area contributed by atoms with E-state index in [1.807, 2.05) is 36.1 Å². The fourth-order valence-corrected chi connectivity index (χ4v) is 5.24. The Bertz CT molecular complexity index is 1230. The second-order valence-electron chi connectivity index (χ2n) is 9.42. The molecular weight excluding hydrogens is 501 g/mol.